The number of benzene rings is 1. The van der Waals surface area contributed by atoms with Crippen LogP contribution < -0.4 is 5.48 Å². The second-order valence-electron chi connectivity index (χ2n) is 4.09. The minimum Gasteiger partial charge on any atom is -0.298 e. The van der Waals surface area contributed by atoms with E-state index < -0.39 is 0 Å². The number of halogens is 2. The van der Waals surface area contributed by atoms with E-state index in [0.717, 1.165) is 18.4 Å². The van der Waals surface area contributed by atoms with Crippen LogP contribution >= 0.6 is 11.6 Å². The molecular formula is C12H15ClFNO. The van der Waals surface area contributed by atoms with Gasteiger partial charge in [0, 0.05) is 6.54 Å². The van der Waals surface area contributed by atoms with Crippen molar-refractivity contribution in [1.82, 2.24) is 5.48 Å². The Labute approximate surface area is 99.7 Å². The van der Waals surface area contributed by atoms with Gasteiger partial charge in [0.2, 0.25) is 0 Å². The Bertz CT molecular complexity index is 353. The highest BCUT2D eigenvalue weighted by molar-refractivity contribution is 6.30. The van der Waals surface area contributed by atoms with Crippen LogP contribution in [0.2, 0.25) is 5.02 Å². The van der Waals surface area contributed by atoms with E-state index in [2.05, 4.69) is 5.48 Å². The minimum atomic E-state index is -0.387. The van der Waals surface area contributed by atoms with Crippen molar-refractivity contribution in [1.29, 1.82) is 0 Å². The lowest BCUT2D eigenvalue weighted by Crippen LogP contribution is -2.21. The van der Waals surface area contributed by atoms with Gasteiger partial charge in [-0.05, 0) is 30.5 Å². The molecule has 0 bridgehead atoms. The van der Waals surface area contributed by atoms with Gasteiger partial charge in [-0.2, -0.15) is 5.48 Å². The third kappa shape index (κ3) is 3.17. The van der Waals surface area contributed by atoms with Crippen molar-refractivity contribution >= 4 is 11.6 Å². The first kappa shape index (κ1) is 11.8. The predicted octanol–water partition coefficient (Wildman–Crippen LogP) is 3.44. The van der Waals surface area contributed by atoms with E-state index in [1.807, 2.05) is 0 Å². The summed E-state index contributed by atoms with van der Waals surface area (Å²) in [5.74, 6) is -0.387. The molecule has 0 heterocycles. The van der Waals surface area contributed by atoms with Crippen LogP contribution in [-0.4, -0.2) is 6.10 Å². The molecule has 1 N–H and O–H groups in total. The Morgan fingerprint density at radius 1 is 1.38 bits per heavy atom. The molecule has 4 heteroatoms. The van der Waals surface area contributed by atoms with Crippen molar-refractivity contribution in [2.75, 3.05) is 0 Å². The molecule has 0 amide bonds. The van der Waals surface area contributed by atoms with E-state index in [1.165, 1.54) is 18.9 Å². The maximum Gasteiger partial charge on any atom is 0.141 e. The van der Waals surface area contributed by atoms with E-state index in [4.69, 9.17) is 16.4 Å². The van der Waals surface area contributed by atoms with Gasteiger partial charge in [-0.25, -0.2) is 4.39 Å². The predicted molar refractivity (Wildman–Crippen MR) is 61.6 cm³/mol. The zero-order chi connectivity index (χ0) is 11.4. The smallest absolute Gasteiger partial charge is 0.141 e. The lowest BCUT2D eigenvalue weighted by Gasteiger charge is -2.11. The van der Waals surface area contributed by atoms with Gasteiger partial charge in [0.15, 0.2) is 0 Å². The molecule has 0 unspecified atom stereocenters. The molecule has 0 radical (unpaired) electrons. The van der Waals surface area contributed by atoms with Crippen LogP contribution in [0.3, 0.4) is 0 Å². The SMILES string of the molecule is Fc1ccc(CNOC2CCCC2)cc1Cl. The minimum absolute atomic E-state index is 0.153. The normalized spacial score (nSPS) is 16.9. The summed E-state index contributed by atoms with van der Waals surface area (Å²) >= 11 is 5.68. The standard InChI is InChI=1S/C12H15ClFNO/c13-11-7-9(5-6-12(11)14)8-15-16-10-3-1-2-4-10/h5-7,10,15H,1-4,8H2. The van der Waals surface area contributed by atoms with Crippen molar-refractivity contribution in [3.8, 4) is 0 Å². The molecule has 1 saturated carbocycles. The topological polar surface area (TPSA) is 21.3 Å². The van der Waals surface area contributed by atoms with Crippen LogP contribution in [-0.2, 0) is 11.4 Å². The molecule has 0 aromatic heterocycles. The van der Waals surface area contributed by atoms with E-state index in [1.54, 1.807) is 12.1 Å². The van der Waals surface area contributed by atoms with Crippen LogP contribution in [0, 0.1) is 5.82 Å². The average Bonchev–Trinajstić information content (AvgIpc) is 2.76. The van der Waals surface area contributed by atoms with Crippen LogP contribution in [0.25, 0.3) is 0 Å². The summed E-state index contributed by atoms with van der Waals surface area (Å²) in [5, 5.41) is 0.153. The second kappa shape index (κ2) is 5.62. The molecule has 1 aromatic rings. The lowest BCUT2D eigenvalue weighted by atomic mass is 10.2. The van der Waals surface area contributed by atoms with Crippen molar-refractivity contribution < 1.29 is 9.23 Å². The first-order valence-corrected chi connectivity index (χ1v) is 5.96. The van der Waals surface area contributed by atoms with E-state index >= 15 is 0 Å². The summed E-state index contributed by atoms with van der Waals surface area (Å²) in [5.41, 5.74) is 3.83. The molecule has 2 rings (SSSR count). The summed E-state index contributed by atoms with van der Waals surface area (Å²) in [7, 11) is 0. The Hall–Kier alpha value is -0.640. The zero-order valence-corrected chi connectivity index (χ0v) is 9.77. The van der Waals surface area contributed by atoms with Crippen molar-refractivity contribution in [2.24, 2.45) is 0 Å². The van der Waals surface area contributed by atoms with E-state index in [0.29, 0.717) is 12.6 Å². The first-order chi connectivity index (χ1) is 7.75. The Morgan fingerprint density at radius 2 is 2.12 bits per heavy atom. The molecule has 0 atom stereocenters. The number of hydrogen-bond donors (Lipinski definition) is 1. The Balaban J connectivity index is 1.78. The van der Waals surface area contributed by atoms with Gasteiger partial charge in [0.25, 0.3) is 0 Å². The zero-order valence-electron chi connectivity index (χ0n) is 9.01. The fourth-order valence-corrected chi connectivity index (χ4v) is 2.10. The van der Waals surface area contributed by atoms with Gasteiger partial charge >= 0.3 is 0 Å². The molecule has 88 valence electrons. The van der Waals surface area contributed by atoms with Crippen LogP contribution in [0.4, 0.5) is 4.39 Å². The highest BCUT2D eigenvalue weighted by Crippen LogP contribution is 2.20. The molecule has 1 aromatic carbocycles. The molecule has 2 nitrogen and oxygen atoms in total. The second-order valence-corrected chi connectivity index (χ2v) is 4.50. The fraction of sp³-hybridized carbons (Fsp3) is 0.500. The maximum atomic E-state index is 12.9. The summed E-state index contributed by atoms with van der Waals surface area (Å²) in [6, 6.07) is 4.68. The van der Waals surface area contributed by atoms with Gasteiger partial charge in [-0.15, -0.1) is 0 Å². The quantitative estimate of drug-likeness (QED) is 0.818. The first-order valence-electron chi connectivity index (χ1n) is 5.58. The summed E-state index contributed by atoms with van der Waals surface area (Å²) < 4.78 is 12.9. The average molecular weight is 244 g/mol. The Morgan fingerprint density at radius 3 is 2.81 bits per heavy atom. The molecule has 0 aliphatic heterocycles. The Kier molecular flexibility index (Phi) is 4.16. The maximum absolute atomic E-state index is 12.9. The third-order valence-electron chi connectivity index (χ3n) is 2.81. The number of hydroxylamine groups is 1. The molecule has 16 heavy (non-hydrogen) atoms. The highest BCUT2D eigenvalue weighted by Gasteiger charge is 2.15. The molecule has 0 saturated heterocycles. The molecule has 1 aliphatic carbocycles. The molecular weight excluding hydrogens is 229 g/mol. The molecule has 1 fully saturated rings. The summed E-state index contributed by atoms with van der Waals surface area (Å²) in [6.07, 6.45) is 5.06. The number of nitrogens with one attached hydrogen (secondary N) is 1. The van der Waals surface area contributed by atoms with E-state index in [-0.39, 0.29) is 10.8 Å². The number of hydrogen-bond acceptors (Lipinski definition) is 2. The van der Waals surface area contributed by atoms with Gasteiger partial charge in [0.05, 0.1) is 11.1 Å². The summed E-state index contributed by atoms with van der Waals surface area (Å²) in [4.78, 5) is 5.49. The number of rotatable bonds is 4. The van der Waals surface area contributed by atoms with Crippen molar-refractivity contribution in [3.05, 3.63) is 34.6 Å². The van der Waals surface area contributed by atoms with Gasteiger partial charge in [0.1, 0.15) is 5.82 Å². The largest absolute Gasteiger partial charge is 0.298 e. The molecule has 1 aliphatic rings. The van der Waals surface area contributed by atoms with Crippen LogP contribution in [0.5, 0.6) is 0 Å². The fourth-order valence-electron chi connectivity index (χ4n) is 1.90. The summed E-state index contributed by atoms with van der Waals surface area (Å²) in [6.45, 7) is 0.552. The monoisotopic (exact) mass is 243 g/mol. The van der Waals surface area contributed by atoms with Gasteiger partial charge in [-0.1, -0.05) is 30.5 Å². The van der Waals surface area contributed by atoms with Crippen molar-refractivity contribution in [2.45, 2.75) is 38.3 Å². The van der Waals surface area contributed by atoms with Crippen molar-refractivity contribution in [3.63, 3.8) is 0 Å². The third-order valence-corrected chi connectivity index (χ3v) is 3.10. The molecule has 0 spiro atoms. The van der Waals surface area contributed by atoms with Crippen LogP contribution in [0.1, 0.15) is 31.2 Å². The van der Waals surface area contributed by atoms with Crippen LogP contribution in [0.15, 0.2) is 18.2 Å². The van der Waals surface area contributed by atoms with Gasteiger partial charge in [-0.3, -0.25) is 4.84 Å². The van der Waals surface area contributed by atoms with Gasteiger partial charge < -0.3 is 0 Å². The highest BCUT2D eigenvalue weighted by atomic mass is 35.5. The van der Waals surface area contributed by atoms with E-state index in [9.17, 15) is 4.39 Å². The lowest BCUT2D eigenvalue weighted by molar-refractivity contribution is -0.0244.